The van der Waals surface area contributed by atoms with E-state index in [1.165, 1.54) is 5.56 Å². The van der Waals surface area contributed by atoms with Gasteiger partial charge in [0, 0.05) is 25.1 Å². The van der Waals surface area contributed by atoms with Gasteiger partial charge in [-0.05, 0) is 24.2 Å². The first-order valence-electron chi connectivity index (χ1n) is 6.08. The summed E-state index contributed by atoms with van der Waals surface area (Å²) >= 11 is 0. The second-order valence-corrected chi connectivity index (χ2v) is 3.94. The molecule has 0 aromatic heterocycles. The Morgan fingerprint density at radius 2 is 2.22 bits per heavy atom. The summed E-state index contributed by atoms with van der Waals surface area (Å²) in [4.78, 5) is 2.22. The van der Waals surface area contributed by atoms with Crippen molar-refractivity contribution in [2.24, 2.45) is 0 Å². The number of hydrogen-bond acceptors (Lipinski definition) is 3. The highest BCUT2D eigenvalue weighted by Gasteiger charge is 2.03. The van der Waals surface area contributed by atoms with E-state index in [0.29, 0.717) is 6.42 Å². The minimum Gasteiger partial charge on any atom is -0.384 e. The van der Waals surface area contributed by atoms with Gasteiger partial charge in [-0.25, -0.2) is 0 Å². The van der Waals surface area contributed by atoms with E-state index >= 15 is 0 Å². The Hall–Kier alpha value is -1.81. The number of nitrogens with zero attached hydrogens (tertiary/aromatic N) is 2. The highest BCUT2D eigenvalue weighted by Crippen LogP contribution is 2.08. The van der Waals surface area contributed by atoms with E-state index in [9.17, 15) is 0 Å². The molecule has 1 rings (SSSR count). The monoisotopic (exact) mass is 242 g/mol. The van der Waals surface area contributed by atoms with Crippen LogP contribution in [0.5, 0.6) is 0 Å². The first-order chi connectivity index (χ1) is 8.80. The smallest absolute Gasteiger partial charge is 0.104 e. The van der Waals surface area contributed by atoms with E-state index in [-0.39, 0.29) is 6.61 Å². The van der Waals surface area contributed by atoms with Crippen molar-refractivity contribution in [3.63, 3.8) is 0 Å². The fourth-order valence-electron chi connectivity index (χ4n) is 1.70. The Balaban J connectivity index is 2.68. The molecule has 0 saturated carbocycles. The summed E-state index contributed by atoms with van der Waals surface area (Å²) in [6.07, 6.45) is 0.553. The van der Waals surface area contributed by atoms with Gasteiger partial charge in [0.05, 0.1) is 6.07 Å². The minimum absolute atomic E-state index is 0.118. The molecular weight excluding hydrogens is 224 g/mol. The van der Waals surface area contributed by atoms with E-state index in [2.05, 4.69) is 35.8 Å². The van der Waals surface area contributed by atoms with Gasteiger partial charge in [0.25, 0.3) is 0 Å². The van der Waals surface area contributed by atoms with Crippen molar-refractivity contribution < 1.29 is 5.11 Å². The van der Waals surface area contributed by atoms with Gasteiger partial charge in [0.2, 0.25) is 0 Å². The van der Waals surface area contributed by atoms with Gasteiger partial charge in [0.1, 0.15) is 6.61 Å². The molecule has 0 unspecified atom stereocenters. The molecule has 0 aliphatic heterocycles. The van der Waals surface area contributed by atoms with E-state index in [1.807, 2.05) is 18.2 Å². The summed E-state index contributed by atoms with van der Waals surface area (Å²) in [6.45, 7) is 4.51. The highest BCUT2D eigenvalue weighted by atomic mass is 16.2. The maximum absolute atomic E-state index is 8.67. The fraction of sp³-hybridized carbons (Fsp3) is 0.400. The molecule has 1 N–H and O–H groups in total. The van der Waals surface area contributed by atoms with Gasteiger partial charge in [-0.3, -0.25) is 4.90 Å². The lowest BCUT2D eigenvalue weighted by Crippen LogP contribution is -2.23. The lowest BCUT2D eigenvalue weighted by molar-refractivity contribution is 0.287. The highest BCUT2D eigenvalue weighted by molar-refractivity contribution is 5.37. The quantitative estimate of drug-likeness (QED) is 0.800. The van der Waals surface area contributed by atoms with Crippen LogP contribution in [0.3, 0.4) is 0 Å². The third-order valence-electron chi connectivity index (χ3n) is 2.63. The Morgan fingerprint density at radius 3 is 2.89 bits per heavy atom. The SMILES string of the molecule is CCN(CCC#N)Cc1cccc(C#CCO)c1. The zero-order valence-electron chi connectivity index (χ0n) is 10.7. The van der Waals surface area contributed by atoms with Crippen LogP contribution in [-0.2, 0) is 6.54 Å². The predicted octanol–water partition coefficient (Wildman–Crippen LogP) is 1.77. The topological polar surface area (TPSA) is 47.3 Å². The third kappa shape index (κ3) is 5.01. The van der Waals surface area contributed by atoms with E-state index in [0.717, 1.165) is 25.2 Å². The Kier molecular flexibility index (Phi) is 6.58. The van der Waals surface area contributed by atoms with Crippen molar-refractivity contribution in [1.29, 1.82) is 5.26 Å². The summed E-state index contributed by atoms with van der Waals surface area (Å²) in [5.41, 5.74) is 2.09. The van der Waals surface area contributed by atoms with Crippen molar-refractivity contribution in [1.82, 2.24) is 4.90 Å². The average molecular weight is 242 g/mol. The molecule has 0 radical (unpaired) electrons. The number of aliphatic hydroxyl groups excluding tert-OH is 1. The molecule has 0 saturated heterocycles. The molecule has 0 bridgehead atoms. The third-order valence-corrected chi connectivity index (χ3v) is 2.63. The van der Waals surface area contributed by atoms with Crippen LogP contribution in [0.25, 0.3) is 0 Å². The average Bonchev–Trinajstić information content (AvgIpc) is 2.41. The summed E-state index contributed by atoms with van der Waals surface area (Å²) < 4.78 is 0. The summed E-state index contributed by atoms with van der Waals surface area (Å²) in [5.74, 6) is 5.54. The molecule has 0 heterocycles. The zero-order valence-corrected chi connectivity index (χ0v) is 10.7. The first kappa shape index (κ1) is 14.3. The van der Waals surface area contributed by atoms with Gasteiger partial charge in [-0.2, -0.15) is 5.26 Å². The van der Waals surface area contributed by atoms with Crippen molar-refractivity contribution >= 4 is 0 Å². The minimum atomic E-state index is -0.118. The number of rotatable bonds is 5. The molecule has 1 aromatic carbocycles. The van der Waals surface area contributed by atoms with Crippen molar-refractivity contribution in [2.45, 2.75) is 19.9 Å². The Morgan fingerprint density at radius 1 is 1.39 bits per heavy atom. The van der Waals surface area contributed by atoms with Gasteiger partial charge in [0.15, 0.2) is 0 Å². The van der Waals surface area contributed by atoms with Crippen LogP contribution in [0.2, 0.25) is 0 Å². The lowest BCUT2D eigenvalue weighted by atomic mass is 10.1. The summed E-state index contributed by atoms with van der Waals surface area (Å²) in [5, 5.41) is 17.3. The molecule has 0 amide bonds. The van der Waals surface area contributed by atoms with E-state index in [4.69, 9.17) is 10.4 Å². The molecule has 3 nitrogen and oxygen atoms in total. The van der Waals surface area contributed by atoms with Crippen LogP contribution in [0.1, 0.15) is 24.5 Å². The number of aliphatic hydroxyl groups is 1. The molecule has 0 atom stereocenters. The zero-order chi connectivity index (χ0) is 13.2. The molecule has 0 aliphatic rings. The first-order valence-corrected chi connectivity index (χ1v) is 6.08. The Bertz CT molecular complexity index is 465. The molecule has 0 fully saturated rings. The maximum Gasteiger partial charge on any atom is 0.104 e. The predicted molar refractivity (Wildman–Crippen MR) is 71.6 cm³/mol. The van der Waals surface area contributed by atoms with Gasteiger partial charge in [-0.15, -0.1) is 0 Å². The molecule has 94 valence electrons. The van der Waals surface area contributed by atoms with Crippen LogP contribution in [0, 0.1) is 23.2 Å². The number of nitriles is 1. The number of benzene rings is 1. The van der Waals surface area contributed by atoms with E-state index in [1.54, 1.807) is 0 Å². The Labute approximate surface area is 109 Å². The van der Waals surface area contributed by atoms with Gasteiger partial charge >= 0.3 is 0 Å². The van der Waals surface area contributed by atoms with Crippen molar-refractivity contribution in [3.05, 3.63) is 35.4 Å². The van der Waals surface area contributed by atoms with Crippen LogP contribution in [0.15, 0.2) is 24.3 Å². The molecule has 0 spiro atoms. The van der Waals surface area contributed by atoms with Crippen molar-refractivity contribution in [3.8, 4) is 17.9 Å². The fourth-order valence-corrected chi connectivity index (χ4v) is 1.70. The normalized spacial score (nSPS) is 9.67. The van der Waals surface area contributed by atoms with Crippen LogP contribution in [0.4, 0.5) is 0 Å². The van der Waals surface area contributed by atoms with Crippen LogP contribution < -0.4 is 0 Å². The maximum atomic E-state index is 8.67. The van der Waals surface area contributed by atoms with Crippen LogP contribution in [-0.4, -0.2) is 29.7 Å². The largest absolute Gasteiger partial charge is 0.384 e. The van der Waals surface area contributed by atoms with Gasteiger partial charge in [-0.1, -0.05) is 30.9 Å². The lowest BCUT2D eigenvalue weighted by Gasteiger charge is -2.18. The number of hydrogen-bond donors (Lipinski definition) is 1. The molecule has 0 aliphatic carbocycles. The van der Waals surface area contributed by atoms with Crippen LogP contribution >= 0.6 is 0 Å². The summed E-state index contributed by atoms with van der Waals surface area (Å²) in [6, 6.07) is 10.1. The molecular formula is C15H18N2O. The van der Waals surface area contributed by atoms with Gasteiger partial charge < -0.3 is 5.11 Å². The summed E-state index contributed by atoms with van der Waals surface area (Å²) in [7, 11) is 0. The van der Waals surface area contributed by atoms with Crippen molar-refractivity contribution in [2.75, 3.05) is 19.7 Å². The standard InChI is InChI=1S/C15H18N2O/c1-2-17(10-5-9-16)13-15-7-3-6-14(12-15)8-4-11-18/h3,6-7,12,18H,2,5,10-11,13H2,1H3. The second-order valence-electron chi connectivity index (χ2n) is 3.94. The van der Waals surface area contributed by atoms with E-state index < -0.39 is 0 Å². The molecule has 18 heavy (non-hydrogen) atoms. The second kappa shape index (κ2) is 8.31. The molecule has 3 heteroatoms. The molecule has 1 aromatic rings.